The van der Waals surface area contributed by atoms with Crippen LogP contribution in [0.4, 0.5) is 4.39 Å². The van der Waals surface area contributed by atoms with Gasteiger partial charge < -0.3 is 9.84 Å². The highest BCUT2D eigenvalue weighted by atomic mass is 19.1. The summed E-state index contributed by atoms with van der Waals surface area (Å²) in [5, 5.41) is 9.11. The van der Waals surface area contributed by atoms with Crippen LogP contribution in [-0.4, -0.2) is 23.7 Å². The van der Waals surface area contributed by atoms with E-state index in [4.69, 9.17) is 9.84 Å². The summed E-state index contributed by atoms with van der Waals surface area (Å²) in [4.78, 5) is 22.8. The molecular weight excluding hydrogens is 251 g/mol. The Morgan fingerprint density at radius 2 is 1.89 bits per heavy atom. The van der Waals surface area contributed by atoms with Crippen LogP contribution in [0.1, 0.15) is 54.0 Å². The summed E-state index contributed by atoms with van der Waals surface area (Å²) in [7, 11) is 0. The predicted octanol–water partition coefficient (Wildman–Crippen LogP) is 3.00. The summed E-state index contributed by atoms with van der Waals surface area (Å²) >= 11 is 0. The molecule has 0 spiro atoms. The van der Waals surface area contributed by atoms with Gasteiger partial charge in [-0.25, -0.2) is 14.0 Å². The number of carbonyl (C=O) groups is 2. The molecule has 0 aromatic heterocycles. The molecule has 0 bridgehead atoms. The molecule has 0 aliphatic rings. The van der Waals surface area contributed by atoms with Crippen LogP contribution in [-0.2, 0) is 10.2 Å². The highest BCUT2D eigenvalue weighted by molar-refractivity contribution is 6.02. The summed E-state index contributed by atoms with van der Waals surface area (Å²) in [5.74, 6) is -3.20. The second kappa shape index (κ2) is 5.38. The van der Waals surface area contributed by atoms with E-state index >= 15 is 0 Å². The first-order valence-electron chi connectivity index (χ1n) is 5.93. The zero-order chi connectivity index (χ0) is 14.8. The third kappa shape index (κ3) is 3.10. The van der Waals surface area contributed by atoms with E-state index in [-0.39, 0.29) is 17.7 Å². The van der Waals surface area contributed by atoms with Crippen molar-refractivity contribution in [1.82, 2.24) is 0 Å². The standard InChI is InChI=1S/C14H17FO4/c1-5-19-13(18)8-6-7-9(14(2,3)4)11(15)10(8)12(16)17/h6-7H,5H2,1-4H3,(H,16,17). The molecule has 0 fully saturated rings. The predicted molar refractivity (Wildman–Crippen MR) is 68.0 cm³/mol. The zero-order valence-electron chi connectivity index (χ0n) is 11.4. The molecule has 5 heteroatoms. The first kappa shape index (κ1) is 15.1. The lowest BCUT2D eigenvalue weighted by Gasteiger charge is -2.21. The first-order chi connectivity index (χ1) is 8.70. The number of rotatable bonds is 3. The Bertz CT molecular complexity index is 515. The minimum absolute atomic E-state index is 0.0978. The number of carbonyl (C=O) groups excluding carboxylic acids is 1. The molecule has 104 valence electrons. The lowest BCUT2D eigenvalue weighted by atomic mass is 9.84. The Balaban J connectivity index is 3.49. The fourth-order valence-electron chi connectivity index (χ4n) is 1.74. The number of hydrogen-bond acceptors (Lipinski definition) is 3. The Hall–Kier alpha value is -1.91. The fraction of sp³-hybridized carbons (Fsp3) is 0.429. The van der Waals surface area contributed by atoms with Crippen molar-refractivity contribution in [2.75, 3.05) is 6.61 Å². The van der Waals surface area contributed by atoms with Gasteiger partial charge in [-0.1, -0.05) is 26.8 Å². The van der Waals surface area contributed by atoms with Crippen LogP contribution in [0.15, 0.2) is 12.1 Å². The average molecular weight is 268 g/mol. The minimum Gasteiger partial charge on any atom is -0.478 e. The second-order valence-corrected chi connectivity index (χ2v) is 5.13. The smallest absolute Gasteiger partial charge is 0.339 e. The van der Waals surface area contributed by atoms with Gasteiger partial charge in [0.15, 0.2) is 0 Å². The zero-order valence-corrected chi connectivity index (χ0v) is 11.4. The van der Waals surface area contributed by atoms with Crippen molar-refractivity contribution in [1.29, 1.82) is 0 Å². The molecule has 0 saturated carbocycles. The normalized spacial score (nSPS) is 11.2. The molecule has 1 rings (SSSR count). The van der Waals surface area contributed by atoms with Crippen molar-refractivity contribution < 1.29 is 23.8 Å². The van der Waals surface area contributed by atoms with Crippen LogP contribution in [0.2, 0.25) is 0 Å². The molecule has 4 nitrogen and oxygen atoms in total. The lowest BCUT2D eigenvalue weighted by molar-refractivity contribution is 0.0512. The summed E-state index contributed by atoms with van der Waals surface area (Å²) in [6.45, 7) is 6.99. The summed E-state index contributed by atoms with van der Waals surface area (Å²) in [6.07, 6.45) is 0. The monoisotopic (exact) mass is 268 g/mol. The van der Waals surface area contributed by atoms with Crippen LogP contribution in [0, 0.1) is 5.82 Å². The third-order valence-electron chi connectivity index (χ3n) is 2.66. The fourth-order valence-corrected chi connectivity index (χ4v) is 1.74. The van der Waals surface area contributed by atoms with Gasteiger partial charge >= 0.3 is 11.9 Å². The maximum Gasteiger partial charge on any atom is 0.339 e. The van der Waals surface area contributed by atoms with Crippen molar-refractivity contribution in [2.24, 2.45) is 0 Å². The molecule has 0 aliphatic carbocycles. The van der Waals surface area contributed by atoms with Crippen LogP contribution in [0.25, 0.3) is 0 Å². The Kier molecular flexibility index (Phi) is 4.29. The number of carboxylic acid groups (broad SMARTS) is 1. The van der Waals surface area contributed by atoms with Crippen LogP contribution < -0.4 is 0 Å². The van der Waals surface area contributed by atoms with Gasteiger partial charge in [0.1, 0.15) is 11.4 Å². The van der Waals surface area contributed by atoms with E-state index in [1.807, 2.05) is 0 Å². The summed E-state index contributed by atoms with van der Waals surface area (Å²) < 4.78 is 19.0. The van der Waals surface area contributed by atoms with Crippen molar-refractivity contribution in [3.05, 3.63) is 34.6 Å². The minimum atomic E-state index is -1.48. The van der Waals surface area contributed by atoms with Gasteiger partial charge in [0, 0.05) is 0 Å². The van der Waals surface area contributed by atoms with Gasteiger partial charge in [-0.2, -0.15) is 0 Å². The van der Waals surface area contributed by atoms with Crippen molar-refractivity contribution >= 4 is 11.9 Å². The molecule has 0 amide bonds. The van der Waals surface area contributed by atoms with E-state index in [9.17, 15) is 14.0 Å². The van der Waals surface area contributed by atoms with Crippen molar-refractivity contribution in [3.8, 4) is 0 Å². The maximum absolute atomic E-state index is 14.3. The van der Waals surface area contributed by atoms with E-state index in [1.165, 1.54) is 12.1 Å². The van der Waals surface area contributed by atoms with Gasteiger partial charge in [-0.05, 0) is 24.0 Å². The van der Waals surface area contributed by atoms with Crippen LogP contribution in [0.5, 0.6) is 0 Å². The number of carboxylic acids is 1. The Morgan fingerprint density at radius 1 is 1.32 bits per heavy atom. The number of aromatic carboxylic acids is 1. The van der Waals surface area contributed by atoms with Crippen LogP contribution >= 0.6 is 0 Å². The second-order valence-electron chi connectivity index (χ2n) is 5.13. The SMILES string of the molecule is CCOC(=O)c1ccc(C(C)(C)C)c(F)c1C(=O)O. The number of esters is 1. The number of ether oxygens (including phenoxy) is 1. The molecule has 0 heterocycles. The highest BCUT2D eigenvalue weighted by Crippen LogP contribution is 2.29. The Labute approximate surface area is 111 Å². The topological polar surface area (TPSA) is 63.6 Å². The summed E-state index contributed by atoms with van der Waals surface area (Å²) in [6, 6.07) is 2.72. The average Bonchev–Trinajstić information content (AvgIpc) is 2.26. The number of halogens is 1. The maximum atomic E-state index is 14.3. The van der Waals surface area contributed by atoms with E-state index in [0.717, 1.165) is 0 Å². The quantitative estimate of drug-likeness (QED) is 0.856. The molecule has 0 unspecified atom stereocenters. The van der Waals surface area contributed by atoms with Crippen molar-refractivity contribution in [2.45, 2.75) is 33.1 Å². The number of hydrogen-bond donors (Lipinski definition) is 1. The van der Waals surface area contributed by atoms with E-state index in [0.29, 0.717) is 0 Å². The van der Waals surface area contributed by atoms with Gasteiger partial charge in [0.25, 0.3) is 0 Å². The molecule has 0 atom stereocenters. The molecule has 0 radical (unpaired) electrons. The first-order valence-corrected chi connectivity index (χ1v) is 5.93. The largest absolute Gasteiger partial charge is 0.478 e. The van der Waals surface area contributed by atoms with Crippen LogP contribution in [0.3, 0.4) is 0 Å². The van der Waals surface area contributed by atoms with Gasteiger partial charge in [-0.3, -0.25) is 0 Å². The highest BCUT2D eigenvalue weighted by Gasteiger charge is 2.28. The van der Waals surface area contributed by atoms with Gasteiger partial charge in [-0.15, -0.1) is 0 Å². The molecule has 0 saturated heterocycles. The molecule has 19 heavy (non-hydrogen) atoms. The molecule has 1 N–H and O–H groups in total. The van der Waals surface area contributed by atoms with E-state index in [2.05, 4.69) is 0 Å². The van der Waals surface area contributed by atoms with Crippen molar-refractivity contribution in [3.63, 3.8) is 0 Å². The molecular formula is C14H17FO4. The number of benzene rings is 1. The Morgan fingerprint density at radius 3 is 2.32 bits per heavy atom. The molecule has 0 aliphatic heterocycles. The van der Waals surface area contributed by atoms with E-state index < -0.39 is 28.7 Å². The lowest BCUT2D eigenvalue weighted by Crippen LogP contribution is -2.20. The molecule has 1 aromatic carbocycles. The van der Waals surface area contributed by atoms with Gasteiger partial charge in [0.2, 0.25) is 0 Å². The molecule has 1 aromatic rings. The third-order valence-corrected chi connectivity index (χ3v) is 2.66. The summed E-state index contributed by atoms with van der Waals surface area (Å²) in [5.41, 5.74) is -1.20. The van der Waals surface area contributed by atoms with E-state index in [1.54, 1.807) is 27.7 Å². The van der Waals surface area contributed by atoms with Gasteiger partial charge in [0.05, 0.1) is 12.2 Å².